The summed E-state index contributed by atoms with van der Waals surface area (Å²) in [6, 6.07) is 10.3. The minimum absolute atomic E-state index is 0.251. The molecular weight excluding hydrogens is 459 g/mol. The van der Waals surface area contributed by atoms with E-state index in [0.717, 1.165) is 25.0 Å². The van der Waals surface area contributed by atoms with E-state index in [9.17, 15) is 13.2 Å². The lowest BCUT2D eigenvalue weighted by Gasteiger charge is -2.21. The normalized spacial score (nSPS) is 17.5. The van der Waals surface area contributed by atoms with Crippen molar-refractivity contribution in [3.8, 4) is 11.5 Å². The highest BCUT2D eigenvalue weighted by atomic mass is 32.2. The molecule has 0 aromatic heterocycles. The van der Waals surface area contributed by atoms with Gasteiger partial charge in [0, 0.05) is 17.5 Å². The third kappa shape index (κ3) is 5.66. The van der Waals surface area contributed by atoms with Crippen molar-refractivity contribution in [2.45, 2.75) is 31.2 Å². The van der Waals surface area contributed by atoms with Gasteiger partial charge < -0.3 is 14.8 Å². The number of para-hydroxylation sites is 1. The smallest absolute Gasteiger partial charge is 0.416 e. The molecule has 2 aromatic carbocycles. The van der Waals surface area contributed by atoms with Gasteiger partial charge >= 0.3 is 6.18 Å². The van der Waals surface area contributed by atoms with Crippen LogP contribution < -0.4 is 14.8 Å². The van der Waals surface area contributed by atoms with Gasteiger partial charge in [-0.2, -0.15) is 13.2 Å². The van der Waals surface area contributed by atoms with Crippen molar-refractivity contribution in [3.05, 3.63) is 48.0 Å². The maximum absolute atomic E-state index is 13.1. The van der Waals surface area contributed by atoms with Crippen LogP contribution in [0, 0.1) is 0 Å². The van der Waals surface area contributed by atoms with Gasteiger partial charge in [-0.15, -0.1) is 0 Å². The van der Waals surface area contributed by atoms with Gasteiger partial charge in [-0.05, 0) is 49.0 Å². The lowest BCUT2D eigenvalue weighted by atomic mass is 10.2. The van der Waals surface area contributed by atoms with Crippen molar-refractivity contribution in [2.75, 3.05) is 26.1 Å². The molecule has 0 radical (unpaired) electrons. The second kappa shape index (κ2) is 10.4. The molecule has 0 aliphatic carbocycles. The zero-order chi connectivity index (χ0) is 23.3. The summed E-state index contributed by atoms with van der Waals surface area (Å²) in [4.78, 5) is 6.59. The van der Waals surface area contributed by atoms with E-state index in [0.29, 0.717) is 28.9 Å². The molecule has 2 aromatic rings. The van der Waals surface area contributed by atoms with E-state index < -0.39 is 11.7 Å². The predicted molar refractivity (Wildman–Crippen MR) is 127 cm³/mol. The van der Waals surface area contributed by atoms with Gasteiger partial charge in [-0.1, -0.05) is 37.2 Å². The Hall–Kier alpha value is -2.46. The molecule has 1 aliphatic heterocycles. The van der Waals surface area contributed by atoms with Crippen LogP contribution in [0.1, 0.15) is 25.3 Å². The van der Waals surface area contributed by atoms with Crippen molar-refractivity contribution in [3.63, 3.8) is 0 Å². The first-order chi connectivity index (χ1) is 15.3. The number of nitrogens with zero attached hydrogens (tertiary/aromatic N) is 2. The Bertz CT molecular complexity index is 976. The van der Waals surface area contributed by atoms with E-state index >= 15 is 0 Å². The summed E-state index contributed by atoms with van der Waals surface area (Å²) < 4.78 is 50.1. The van der Waals surface area contributed by atoms with Crippen molar-refractivity contribution in [2.24, 2.45) is 4.99 Å². The molecule has 1 atom stereocenters. The summed E-state index contributed by atoms with van der Waals surface area (Å²) >= 11 is 7.14. The van der Waals surface area contributed by atoms with Crippen LogP contribution in [0.4, 0.5) is 24.5 Å². The molecule has 1 N–H and O–H groups in total. The Labute approximate surface area is 195 Å². The Morgan fingerprint density at radius 1 is 1.19 bits per heavy atom. The lowest BCUT2D eigenvalue weighted by molar-refractivity contribution is -0.137. The summed E-state index contributed by atoms with van der Waals surface area (Å²) in [6.45, 7) is 2.70. The number of halogens is 3. The predicted octanol–water partition coefficient (Wildman–Crippen LogP) is 6.32. The molecule has 1 saturated heterocycles. The van der Waals surface area contributed by atoms with Crippen molar-refractivity contribution in [1.29, 1.82) is 0 Å². The second-order valence-corrected chi connectivity index (χ2v) is 8.71. The highest BCUT2D eigenvalue weighted by molar-refractivity contribution is 8.14. The minimum atomic E-state index is -4.43. The van der Waals surface area contributed by atoms with Crippen LogP contribution in [0.5, 0.6) is 11.5 Å². The van der Waals surface area contributed by atoms with Crippen molar-refractivity contribution >= 4 is 45.6 Å². The van der Waals surface area contributed by atoms with Gasteiger partial charge in [0.05, 0.1) is 19.8 Å². The Morgan fingerprint density at radius 2 is 1.84 bits per heavy atom. The highest BCUT2D eigenvalue weighted by Crippen LogP contribution is 2.40. The van der Waals surface area contributed by atoms with Gasteiger partial charge in [-0.25, -0.2) is 4.99 Å². The standard InChI is InChI=1S/C22H24F3N3O2S2/c1-4-7-16-13-28(20(31)26-15-9-5-8-14(12-15)22(23,24)25)21(32-16)27-19-17(29-2)10-6-11-18(19)30-3/h5-6,8-12,16H,4,7,13H2,1-3H3,(H,26,31)/b27-21+. The Kier molecular flexibility index (Phi) is 7.89. The number of thioether (sulfide) groups is 1. The number of benzene rings is 2. The number of thiocarbonyl (C=S) groups is 1. The SMILES string of the molecule is CCCC1CN(C(=S)Nc2cccc(C(F)(F)F)c2)/C(=N\c2c(OC)cccc2OC)S1. The van der Waals surface area contributed by atoms with E-state index in [1.165, 1.54) is 6.07 Å². The molecule has 32 heavy (non-hydrogen) atoms. The average Bonchev–Trinajstić information content (AvgIpc) is 3.16. The fraction of sp³-hybridized carbons (Fsp3) is 0.364. The number of rotatable bonds is 6. The summed E-state index contributed by atoms with van der Waals surface area (Å²) in [5, 5.41) is 4.10. The van der Waals surface area contributed by atoms with Crippen LogP contribution in [-0.4, -0.2) is 41.2 Å². The second-order valence-electron chi connectivity index (χ2n) is 7.05. The maximum Gasteiger partial charge on any atom is 0.416 e. The van der Waals surface area contributed by atoms with E-state index in [-0.39, 0.29) is 16.0 Å². The van der Waals surface area contributed by atoms with E-state index in [1.54, 1.807) is 50.2 Å². The first-order valence-electron chi connectivity index (χ1n) is 9.99. The number of methoxy groups -OCH3 is 2. The molecule has 0 bridgehead atoms. The van der Waals surface area contributed by atoms with Crippen LogP contribution in [0.25, 0.3) is 0 Å². The first-order valence-corrected chi connectivity index (χ1v) is 11.3. The lowest BCUT2D eigenvalue weighted by Crippen LogP contribution is -2.36. The molecule has 0 spiro atoms. The number of aliphatic imine (C=N–C) groups is 1. The van der Waals surface area contributed by atoms with Crippen LogP contribution in [0.3, 0.4) is 0 Å². The van der Waals surface area contributed by atoms with Crippen molar-refractivity contribution in [1.82, 2.24) is 4.90 Å². The average molecular weight is 484 g/mol. The topological polar surface area (TPSA) is 46.1 Å². The van der Waals surface area contributed by atoms with Gasteiger partial charge in [-0.3, -0.25) is 4.90 Å². The summed E-state index contributed by atoms with van der Waals surface area (Å²) in [5.41, 5.74) is 0.0598. The fourth-order valence-corrected chi connectivity index (χ4v) is 4.91. The fourth-order valence-electron chi connectivity index (χ4n) is 3.26. The highest BCUT2D eigenvalue weighted by Gasteiger charge is 2.33. The van der Waals surface area contributed by atoms with Crippen LogP contribution in [0.2, 0.25) is 0 Å². The van der Waals surface area contributed by atoms with Gasteiger partial charge in [0.1, 0.15) is 17.2 Å². The van der Waals surface area contributed by atoms with Gasteiger partial charge in [0.15, 0.2) is 10.3 Å². The molecule has 0 saturated carbocycles. The quantitative estimate of drug-likeness (QED) is 0.485. The first kappa shape index (κ1) is 24.2. The molecule has 10 heteroatoms. The number of ether oxygens (including phenoxy) is 2. The number of anilines is 1. The number of hydrogen-bond donors (Lipinski definition) is 1. The van der Waals surface area contributed by atoms with E-state index in [1.807, 2.05) is 4.90 Å². The molecule has 172 valence electrons. The number of amidine groups is 1. The largest absolute Gasteiger partial charge is 0.494 e. The molecule has 1 unspecified atom stereocenters. The molecular formula is C22H24F3N3O2S2. The molecule has 1 aliphatic rings. The summed E-state index contributed by atoms with van der Waals surface area (Å²) in [5.74, 6) is 1.10. The molecule has 3 rings (SSSR count). The van der Waals surface area contributed by atoms with Crippen LogP contribution >= 0.6 is 24.0 Å². The molecule has 1 fully saturated rings. The molecule has 5 nitrogen and oxygen atoms in total. The third-order valence-corrected chi connectivity index (χ3v) is 6.36. The maximum atomic E-state index is 13.1. The monoisotopic (exact) mass is 483 g/mol. The van der Waals surface area contributed by atoms with E-state index in [2.05, 4.69) is 12.2 Å². The molecule has 1 heterocycles. The number of hydrogen-bond acceptors (Lipinski definition) is 5. The Balaban J connectivity index is 1.92. The van der Waals surface area contributed by atoms with Crippen molar-refractivity contribution < 1.29 is 22.6 Å². The minimum Gasteiger partial charge on any atom is -0.494 e. The summed E-state index contributed by atoms with van der Waals surface area (Å²) in [7, 11) is 3.11. The van der Waals surface area contributed by atoms with Crippen LogP contribution in [-0.2, 0) is 6.18 Å². The zero-order valence-corrected chi connectivity index (χ0v) is 19.5. The van der Waals surface area contributed by atoms with Crippen LogP contribution in [0.15, 0.2) is 47.5 Å². The summed E-state index contributed by atoms with van der Waals surface area (Å²) in [6.07, 6.45) is -2.48. The number of alkyl halides is 3. The Morgan fingerprint density at radius 3 is 2.44 bits per heavy atom. The zero-order valence-electron chi connectivity index (χ0n) is 17.9. The van der Waals surface area contributed by atoms with Gasteiger partial charge in [0.2, 0.25) is 0 Å². The molecule has 0 amide bonds. The van der Waals surface area contributed by atoms with Gasteiger partial charge in [0.25, 0.3) is 0 Å². The van der Waals surface area contributed by atoms with E-state index in [4.69, 9.17) is 26.7 Å². The third-order valence-electron chi connectivity index (χ3n) is 4.80. The number of nitrogens with one attached hydrogen (secondary N) is 1.